The lowest BCUT2D eigenvalue weighted by Gasteiger charge is -2.13. The highest BCUT2D eigenvalue weighted by molar-refractivity contribution is 5.91. The molecule has 0 spiro atoms. The van der Waals surface area contributed by atoms with E-state index < -0.39 is 47.2 Å². The van der Waals surface area contributed by atoms with E-state index in [1.165, 1.54) is 12.1 Å². The molecule has 9 heteroatoms. The monoisotopic (exact) mass is 358 g/mol. The van der Waals surface area contributed by atoms with Gasteiger partial charge in [0.1, 0.15) is 11.5 Å². The van der Waals surface area contributed by atoms with Crippen LogP contribution in [0.5, 0.6) is 0 Å². The highest BCUT2D eigenvalue weighted by atomic mass is 19.4. The molecule has 0 saturated heterocycles. The lowest BCUT2D eigenvalue weighted by Crippen LogP contribution is -2.26. The number of amides is 1. The van der Waals surface area contributed by atoms with Crippen molar-refractivity contribution in [2.24, 2.45) is 7.05 Å². The van der Waals surface area contributed by atoms with Gasteiger partial charge in [-0.25, -0.2) is 4.39 Å². The van der Waals surface area contributed by atoms with E-state index in [1.807, 2.05) is 0 Å². The molecule has 0 fully saturated rings. The van der Waals surface area contributed by atoms with Gasteiger partial charge in [-0.2, -0.15) is 13.2 Å². The molecule has 5 nitrogen and oxygen atoms in total. The van der Waals surface area contributed by atoms with Gasteiger partial charge in [0.25, 0.3) is 5.56 Å². The minimum Gasteiger partial charge on any atom is -0.388 e. The van der Waals surface area contributed by atoms with E-state index in [0.29, 0.717) is 16.8 Å². The average molecular weight is 358 g/mol. The summed E-state index contributed by atoms with van der Waals surface area (Å²) in [5.41, 5.74) is -2.20. The Labute approximate surface area is 139 Å². The zero-order valence-electron chi connectivity index (χ0n) is 13.0. The van der Waals surface area contributed by atoms with E-state index in [9.17, 15) is 32.3 Å². The summed E-state index contributed by atoms with van der Waals surface area (Å²) >= 11 is 0. The van der Waals surface area contributed by atoms with Crippen LogP contribution in [0.2, 0.25) is 0 Å². The lowest BCUT2D eigenvalue weighted by atomic mass is 10.1. The summed E-state index contributed by atoms with van der Waals surface area (Å²) in [5.74, 6) is -1.37. The molecule has 0 bridgehead atoms. The smallest absolute Gasteiger partial charge is 0.388 e. The minimum atomic E-state index is -4.68. The van der Waals surface area contributed by atoms with Crippen LogP contribution in [0.15, 0.2) is 41.3 Å². The Hall–Kier alpha value is -2.68. The van der Waals surface area contributed by atoms with Gasteiger partial charge in [0.05, 0.1) is 18.1 Å². The number of aromatic nitrogens is 1. The summed E-state index contributed by atoms with van der Waals surface area (Å²) in [7, 11) is 1.13. The molecule has 1 atom stereocenters. The van der Waals surface area contributed by atoms with Crippen molar-refractivity contribution < 1.29 is 27.5 Å². The van der Waals surface area contributed by atoms with Gasteiger partial charge >= 0.3 is 6.18 Å². The van der Waals surface area contributed by atoms with E-state index in [0.717, 1.165) is 19.2 Å². The van der Waals surface area contributed by atoms with Crippen LogP contribution in [0, 0.1) is 5.82 Å². The number of rotatable bonds is 4. The number of benzene rings is 1. The summed E-state index contributed by atoms with van der Waals surface area (Å²) in [6.07, 6.45) is -5.87. The van der Waals surface area contributed by atoms with E-state index in [4.69, 9.17) is 0 Å². The third-order valence-corrected chi connectivity index (χ3v) is 3.42. The van der Waals surface area contributed by atoms with Crippen molar-refractivity contribution >= 4 is 11.6 Å². The number of hydrogen-bond acceptors (Lipinski definition) is 3. The van der Waals surface area contributed by atoms with E-state index in [1.54, 1.807) is 0 Å². The number of halogens is 4. The molecule has 0 aliphatic carbocycles. The summed E-state index contributed by atoms with van der Waals surface area (Å²) < 4.78 is 51.9. The first kappa shape index (κ1) is 18.7. The molecule has 1 aromatic heterocycles. The van der Waals surface area contributed by atoms with Gasteiger partial charge in [0.2, 0.25) is 5.91 Å². The van der Waals surface area contributed by atoms with Gasteiger partial charge < -0.3 is 15.0 Å². The first-order chi connectivity index (χ1) is 11.6. The first-order valence-electron chi connectivity index (χ1n) is 7.09. The molecule has 25 heavy (non-hydrogen) atoms. The van der Waals surface area contributed by atoms with Gasteiger partial charge in [-0.3, -0.25) is 9.59 Å². The topological polar surface area (TPSA) is 71.3 Å². The van der Waals surface area contributed by atoms with Crippen molar-refractivity contribution in [3.63, 3.8) is 0 Å². The predicted molar refractivity (Wildman–Crippen MR) is 81.3 cm³/mol. The normalized spacial score (nSPS) is 12.7. The molecule has 2 aromatic rings. The average Bonchev–Trinajstić information content (AvgIpc) is 2.51. The number of nitrogens with zero attached hydrogens (tertiary/aromatic N) is 1. The number of carbonyl (C=O) groups excluding carboxylic acids is 1. The number of aliphatic hydroxyl groups excluding tert-OH is 1. The minimum absolute atomic E-state index is 0.258. The van der Waals surface area contributed by atoms with Crippen LogP contribution in [-0.4, -0.2) is 15.6 Å². The fourth-order valence-electron chi connectivity index (χ4n) is 2.14. The molecule has 2 rings (SSSR count). The van der Waals surface area contributed by atoms with Crippen LogP contribution in [0.1, 0.15) is 23.7 Å². The Morgan fingerprint density at radius 2 is 1.88 bits per heavy atom. The van der Waals surface area contributed by atoms with Crippen LogP contribution in [0.3, 0.4) is 0 Å². The molecule has 2 N–H and O–H groups in total. The Kier molecular flexibility index (Phi) is 5.27. The second kappa shape index (κ2) is 7.06. The van der Waals surface area contributed by atoms with Gasteiger partial charge in [-0.15, -0.1) is 0 Å². The second-order valence-electron chi connectivity index (χ2n) is 5.38. The molecule has 0 aliphatic rings. The molecule has 1 amide bonds. The van der Waals surface area contributed by atoms with E-state index >= 15 is 0 Å². The highest BCUT2D eigenvalue weighted by Crippen LogP contribution is 2.29. The zero-order chi connectivity index (χ0) is 18.8. The highest BCUT2D eigenvalue weighted by Gasteiger charge is 2.32. The number of carbonyl (C=O) groups is 1. The number of pyridine rings is 1. The standard InChI is InChI=1S/C16H14F4N2O3/c1-22-8-10(16(18,19)20)6-12(15(22)25)21-14(24)7-13(23)9-2-4-11(17)5-3-9/h2-6,8,13,23H,7H2,1H3,(H,21,24). The molecule has 0 radical (unpaired) electrons. The first-order valence-corrected chi connectivity index (χ1v) is 7.09. The van der Waals surface area contributed by atoms with Crippen molar-refractivity contribution in [2.75, 3.05) is 5.32 Å². The van der Waals surface area contributed by atoms with Gasteiger partial charge in [-0.05, 0) is 23.8 Å². The van der Waals surface area contributed by atoms with Crippen LogP contribution in [0.25, 0.3) is 0 Å². The predicted octanol–water partition coefficient (Wildman–Crippen LogP) is 2.61. The quantitative estimate of drug-likeness (QED) is 0.826. The number of hydrogen-bond donors (Lipinski definition) is 2. The number of nitrogens with one attached hydrogen (secondary N) is 1. The maximum Gasteiger partial charge on any atom is 0.417 e. The van der Waals surface area contributed by atoms with Crippen molar-refractivity contribution in [2.45, 2.75) is 18.7 Å². The van der Waals surface area contributed by atoms with Crippen LogP contribution >= 0.6 is 0 Å². The number of alkyl halides is 3. The third-order valence-electron chi connectivity index (χ3n) is 3.42. The Bertz CT molecular complexity index is 829. The Morgan fingerprint density at radius 3 is 2.44 bits per heavy atom. The largest absolute Gasteiger partial charge is 0.417 e. The molecule has 1 aromatic carbocycles. The molecular formula is C16H14F4N2O3. The molecule has 1 heterocycles. The van der Waals surface area contributed by atoms with Gasteiger partial charge in [0.15, 0.2) is 0 Å². The number of aryl methyl sites for hydroxylation is 1. The summed E-state index contributed by atoms with van der Waals surface area (Å²) in [6.45, 7) is 0. The van der Waals surface area contributed by atoms with Gasteiger partial charge in [-0.1, -0.05) is 12.1 Å². The molecule has 0 aliphatic heterocycles. The number of anilines is 1. The summed E-state index contributed by atoms with van der Waals surface area (Å²) in [4.78, 5) is 23.8. The third kappa shape index (κ3) is 4.66. The van der Waals surface area contributed by atoms with Crippen LogP contribution in [0.4, 0.5) is 23.2 Å². The van der Waals surface area contributed by atoms with E-state index in [2.05, 4.69) is 5.32 Å². The SMILES string of the molecule is Cn1cc(C(F)(F)F)cc(NC(=O)CC(O)c2ccc(F)cc2)c1=O. The maximum atomic E-state index is 12.8. The molecule has 134 valence electrons. The maximum absolute atomic E-state index is 12.8. The second-order valence-corrected chi connectivity index (χ2v) is 5.38. The fourth-order valence-corrected chi connectivity index (χ4v) is 2.14. The fraction of sp³-hybridized carbons (Fsp3) is 0.250. The molecule has 0 saturated carbocycles. The van der Waals surface area contributed by atoms with Crippen LogP contribution in [-0.2, 0) is 18.0 Å². The van der Waals surface area contributed by atoms with Gasteiger partial charge in [0, 0.05) is 13.2 Å². The van der Waals surface area contributed by atoms with E-state index in [-0.39, 0.29) is 5.56 Å². The molecule has 1 unspecified atom stereocenters. The summed E-state index contributed by atoms with van der Waals surface area (Å²) in [5, 5.41) is 12.0. The Morgan fingerprint density at radius 1 is 1.28 bits per heavy atom. The van der Waals surface area contributed by atoms with Crippen molar-refractivity contribution in [3.05, 3.63) is 63.8 Å². The zero-order valence-corrected chi connectivity index (χ0v) is 13.0. The van der Waals surface area contributed by atoms with Crippen molar-refractivity contribution in [1.29, 1.82) is 0 Å². The van der Waals surface area contributed by atoms with Crippen molar-refractivity contribution in [3.8, 4) is 0 Å². The molecular weight excluding hydrogens is 344 g/mol. The Balaban J connectivity index is 2.16. The lowest BCUT2D eigenvalue weighted by molar-refractivity contribution is -0.138. The van der Waals surface area contributed by atoms with Crippen molar-refractivity contribution in [1.82, 2.24) is 4.57 Å². The number of aliphatic hydroxyl groups is 1. The van der Waals surface area contributed by atoms with Crippen LogP contribution < -0.4 is 10.9 Å². The summed E-state index contributed by atoms with van der Waals surface area (Å²) in [6, 6.07) is 5.27.